The van der Waals surface area contributed by atoms with Gasteiger partial charge >= 0.3 is 0 Å². The topological polar surface area (TPSA) is 30.5 Å². The summed E-state index contributed by atoms with van der Waals surface area (Å²) in [4.78, 5) is 0. The van der Waals surface area contributed by atoms with E-state index in [-0.39, 0.29) is 0 Å². The summed E-state index contributed by atoms with van der Waals surface area (Å²) in [6, 6.07) is 6.66. The number of nitrogens with one attached hydrogen (secondary N) is 1. The van der Waals surface area contributed by atoms with E-state index < -0.39 is 0 Å². The van der Waals surface area contributed by atoms with Crippen LogP contribution in [-0.2, 0) is 4.74 Å². The van der Waals surface area contributed by atoms with Crippen molar-refractivity contribution in [2.45, 2.75) is 26.3 Å². The number of rotatable bonds is 3. The molecule has 94 valence electrons. The molecule has 17 heavy (non-hydrogen) atoms. The van der Waals surface area contributed by atoms with E-state index in [0.717, 1.165) is 25.4 Å². The third-order valence-electron chi connectivity index (χ3n) is 3.42. The number of anilines is 1. The summed E-state index contributed by atoms with van der Waals surface area (Å²) < 4.78 is 10.7. The maximum absolute atomic E-state index is 5.46. The van der Waals surface area contributed by atoms with Crippen molar-refractivity contribution in [2.24, 2.45) is 5.92 Å². The number of aryl methyl sites for hydroxylation is 1. The van der Waals surface area contributed by atoms with Crippen molar-refractivity contribution in [1.82, 2.24) is 0 Å². The molecule has 0 bridgehead atoms. The highest BCUT2D eigenvalue weighted by Crippen LogP contribution is 2.25. The first-order chi connectivity index (χ1) is 8.20. The summed E-state index contributed by atoms with van der Waals surface area (Å²) in [5.41, 5.74) is 2.42. The second-order valence-electron chi connectivity index (χ2n) is 4.77. The van der Waals surface area contributed by atoms with Crippen LogP contribution < -0.4 is 10.1 Å². The zero-order valence-electron chi connectivity index (χ0n) is 10.8. The molecule has 0 radical (unpaired) electrons. The minimum Gasteiger partial charge on any atom is -0.497 e. The SMILES string of the molecule is COc1ccc(NC2CCOCC2C)c(C)c1. The molecule has 1 aromatic rings. The molecule has 0 aliphatic carbocycles. The van der Waals surface area contributed by atoms with Crippen LogP contribution >= 0.6 is 0 Å². The van der Waals surface area contributed by atoms with Crippen LogP contribution in [0.25, 0.3) is 0 Å². The van der Waals surface area contributed by atoms with E-state index >= 15 is 0 Å². The maximum atomic E-state index is 5.46. The number of hydrogen-bond donors (Lipinski definition) is 1. The molecule has 1 N–H and O–H groups in total. The first-order valence-electron chi connectivity index (χ1n) is 6.19. The average molecular weight is 235 g/mol. The van der Waals surface area contributed by atoms with Crippen molar-refractivity contribution < 1.29 is 9.47 Å². The highest BCUT2D eigenvalue weighted by Gasteiger charge is 2.21. The van der Waals surface area contributed by atoms with Gasteiger partial charge in [-0.15, -0.1) is 0 Å². The molecule has 1 fully saturated rings. The fourth-order valence-corrected chi connectivity index (χ4v) is 2.22. The zero-order valence-corrected chi connectivity index (χ0v) is 10.8. The standard InChI is InChI=1S/C14H21NO2/c1-10-8-12(16-3)4-5-13(10)15-14-6-7-17-9-11(14)2/h4-5,8,11,14-15H,6-7,9H2,1-3H3. The maximum Gasteiger partial charge on any atom is 0.119 e. The number of ether oxygens (including phenoxy) is 2. The van der Waals surface area contributed by atoms with Crippen LogP contribution in [0.4, 0.5) is 5.69 Å². The van der Waals surface area contributed by atoms with E-state index in [0.29, 0.717) is 12.0 Å². The van der Waals surface area contributed by atoms with Gasteiger partial charge in [0, 0.05) is 18.3 Å². The van der Waals surface area contributed by atoms with E-state index in [1.54, 1.807) is 7.11 Å². The van der Waals surface area contributed by atoms with Crippen LogP contribution in [0.3, 0.4) is 0 Å². The lowest BCUT2D eigenvalue weighted by Gasteiger charge is -2.31. The summed E-state index contributed by atoms with van der Waals surface area (Å²) in [6.45, 7) is 6.05. The molecule has 0 aromatic heterocycles. The predicted octanol–water partition coefficient (Wildman–Crippen LogP) is 2.84. The van der Waals surface area contributed by atoms with Gasteiger partial charge in [0.25, 0.3) is 0 Å². The van der Waals surface area contributed by atoms with Gasteiger partial charge in [0.15, 0.2) is 0 Å². The summed E-state index contributed by atoms with van der Waals surface area (Å²) in [6.07, 6.45) is 1.08. The Morgan fingerprint density at radius 1 is 1.41 bits per heavy atom. The Morgan fingerprint density at radius 3 is 2.88 bits per heavy atom. The third kappa shape index (κ3) is 2.91. The fraction of sp³-hybridized carbons (Fsp3) is 0.571. The van der Waals surface area contributed by atoms with Crippen molar-refractivity contribution in [1.29, 1.82) is 0 Å². The van der Waals surface area contributed by atoms with Gasteiger partial charge in [-0.25, -0.2) is 0 Å². The van der Waals surface area contributed by atoms with Gasteiger partial charge in [0.1, 0.15) is 5.75 Å². The highest BCUT2D eigenvalue weighted by atomic mass is 16.5. The van der Waals surface area contributed by atoms with E-state index in [1.807, 2.05) is 6.07 Å². The molecular weight excluding hydrogens is 214 g/mol. The van der Waals surface area contributed by atoms with E-state index in [9.17, 15) is 0 Å². The molecule has 0 spiro atoms. The van der Waals surface area contributed by atoms with Crippen LogP contribution in [0, 0.1) is 12.8 Å². The molecule has 1 aliphatic heterocycles. The van der Waals surface area contributed by atoms with Gasteiger partial charge in [-0.3, -0.25) is 0 Å². The second kappa shape index (κ2) is 5.41. The van der Waals surface area contributed by atoms with E-state index in [2.05, 4.69) is 31.3 Å². The van der Waals surface area contributed by atoms with Crippen LogP contribution in [-0.4, -0.2) is 26.4 Å². The molecule has 0 amide bonds. The Bertz CT molecular complexity index is 378. The molecule has 1 heterocycles. The van der Waals surface area contributed by atoms with Gasteiger partial charge < -0.3 is 14.8 Å². The fourth-order valence-electron chi connectivity index (χ4n) is 2.22. The first-order valence-corrected chi connectivity index (χ1v) is 6.19. The minimum atomic E-state index is 0.510. The molecule has 2 unspecified atom stereocenters. The van der Waals surface area contributed by atoms with Gasteiger partial charge in [-0.05, 0) is 43.0 Å². The van der Waals surface area contributed by atoms with Gasteiger partial charge in [-0.1, -0.05) is 6.92 Å². The van der Waals surface area contributed by atoms with E-state index in [1.165, 1.54) is 11.3 Å². The van der Waals surface area contributed by atoms with Crippen molar-refractivity contribution in [3.8, 4) is 5.75 Å². The Kier molecular flexibility index (Phi) is 3.89. The summed E-state index contributed by atoms with van der Waals surface area (Å²) in [5, 5.41) is 3.61. The third-order valence-corrected chi connectivity index (χ3v) is 3.42. The average Bonchev–Trinajstić information content (AvgIpc) is 2.34. The highest BCUT2D eigenvalue weighted by molar-refractivity contribution is 5.54. The molecule has 2 atom stereocenters. The first kappa shape index (κ1) is 12.2. The van der Waals surface area contributed by atoms with Crippen LogP contribution in [0.5, 0.6) is 5.75 Å². The monoisotopic (exact) mass is 235 g/mol. The van der Waals surface area contributed by atoms with E-state index in [4.69, 9.17) is 9.47 Å². The Balaban J connectivity index is 2.07. The largest absolute Gasteiger partial charge is 0.497 e. The molecule has 1 aliphatic rings. The van der Waals surface area contributed by atoms with Crippen molar-refractivity contribution in [3.63, 3.8) is 0 Å². The lowest BCUT2D eigenvalue weighted by atomic mass is 9.97. The number of methoxy groups -OCH3 is 1. The normalized spacial score (nSPS) is 24.4. The van der Waals surface area contributed by atoms with Crippen molar-refractivity contribution in [3.05, 3.63) is 23.8 Å². The molecule has 3 heteroatoms. The molecule has 0 saturated carbocycles. The van der Waals surface area contributed by atoms with Crippen molar-refractivity contribution >= 4 is 5.69 Å². The van der Waals surface area contributed by atoms with Crippen molar-refractivity contribution in [2.75, 3.05) is 25.6 Å². The molecule has 1 aromatic carbocycles. The van der Waals surface area contributed by atoms with Gasteiger partial charge in [0.2, 0.25) is 0 Å². The van der Waals surface area contributed by atoms with Gasteiger partial charge in [0.05, 0.1) is 13.7 Å². The minimum absolute atomic E-state index is 0.510. The van der Waals surface area contributed by atoms with Crippen LogP contribution in [0.15, 0.2) is 18.2 Å². The van der Waals surface area contributed by atoms with Crippen LogP contribution in [0.2, 0.25) is 0 Å². The smallest absolute Gasteiger partial charge is 0.119 e. The lowest BCUT2D eigenvalue weighted by molar-refractivity contribution is 0.0537. The number of benzene rings is 1. The summed E-state index contributed by atoms with van der Waals surface area (Å²) in [7, 11) is 1.70. The van der Waals surface area contributed by atoms with Gasteiger partial charge in [-0.2, -0.15) is 0 Å². The molecular formula is C14H21NO2. The van der Waals surface area contributed by atoms with Crippen LogP contribution in [0.1, 0.15) is 18.9 Å². The second-order valence-corrected chi connectivity index (χ2v) is 4.77. The Morgan fingerprint density at radius 2 is 2.24 bits per heavy atom. The molecule has 2 rings (SSSR count). The summed E-state index contributed by atoms with van der Waals surface area (Å²) >= 11 is 0. The number of hydrogen-bond acceptors (Lipinski definition) is 3. The Labute approximate surface area is 103 Å². The molecule has 3 nitrogen and oxygen atoms in total. The lowest BCUT2D eigenvalue weighted by Crippen LogP contribution is -2.36. The Hall–Kier alpha value is -1.22. The zero-order chi connectivity index (χ0) is 12.3. The summed E-state index contributed by atoms with van der Waals surface area (Å²) in [5.74, 6) is 1.47. The quantitative estimate of drug-likeness (QED) is 0.874. The predicted molar refractivity (Wildman–Crippen MR) is 69.7 cm³/mol. The molecule has 1 saturated heterocycles.